The van der Waals surface area contributed by atoms with E-state index in [0.717, 1.165) is 6.26 Å². The van der Waals surface area contributed by atoms with Crippen LogP contribution in [-0.4, -0.2) is 20.4 Å². The summed E-state index contributed by atoms with van der Waals surface area (Å²) >= 11 is 0. The fourth-order valence-electron chi connectivity index (χ4n) is 0.885. The molecule has 0 unspecified atom stereocenters. The van der Waals surface area contributed by atoms with E-state index in [9.17, 15) is 8.42 Å². The Kier molecular flexibility index (Phi) is 2.32. The number of hydrogen-bond donors (Lipinski definition) is 1. The average Bonchev–Trinajstić information content (AvgIpc) is 1.82. The van der Waals surface area contributed by atoms with Gasteiger partial charge in [-0.2, -0.15) is 4.40 Å². The van der Waals surface area contributed by atoms with Gasteiger partial charge in [0.1, 0.15) is 0 Å². The Morgan fingerprint density at radius 3 is 2.75 bits per heavy atom. The monoisotopic (exact) mass is 186 g/mol. The fourth-order valence-corrected chi connectivity index (χ4v) is 1.44. The van der Waals surface area contributed by atoms with Gasteiger partial charge in [-0.25, -0.2) is 8.42 Å². The van der Waals surface area contributed by atoms with Crippen LogP contribution in [0.3, 0.4) is 0 Å². The van der Waals surface area contributed by atoms with Gasteiger partial charge in [0.25, 0.3) is 0 Å². The third-order valence-electron chi connectivity index (χ3n) is 1.27. The quantitative estimate of drug-likeness (QED) is 0.635. The van der Waals surface area contributed by atoms with Gasteiger partial charge >= 0.3 is 0 Å². The van der Waals surface area contributed by atoms with E-state index in [2.05, 4.69) is 4.40 Å². The topological polar surface area (TPSA) is 72.5 Å². The SMILES string of the molecule is CS(=O)(=O)N=C1C=CC=C(N)C1. The van der Waals surface area contributed by atoms with Crippen LogP contribution in [0.4, 0.5) is 0 Å². The van der Waals surface area contributed by atoms with Gasteiger partial charge in [0.05, 0.1) is 12.0 Å². The van der Waals surface area contributed by atoms with E-state index >= 15 is 0 Å². The van der Waals surface area contributed by atoms with Crippen molar-refractivity contribution < 1.29 is 8.42 Å². The van der Waals surface area contributed by atoms with Crippen LogP contribution in [0, 0.1) is 0 Å². The molecule has 1 aliphatic rings. The van der Waals surface area contributed by atoms with E-state index in [-0.39, 0.29) is 0 Å². The number of nitrogens with two attached hydrogens (primary N) is 1. The number of allylic oxidation sites excluding steroid dienone is 4. The van der Waals surface area contributed by atoms with Crippen molar-refractivity contribution in [2.75, 3.05) is 6.26 Å². The summed E-state index contributed by atoms with van der Waals surface area (Å²) in [5.74, 6) is 0. The lowest BCUT2D eigenvalue weighted by Crippen LogP contribution is -2.09. The molecule has 1 aliphatic carbocycles. The van der Waals surface area contributed by atoms with Gasteiger partial charge in [0, 0.05) is 12.1 Å². The number of nitrogens with zero attached hydrogens (tertiary/aromatic N) is 1. The first-order valence-corrected chi connectivity index (χ1v) is 5.24. The second-order valence-electron chi connectivity index (χ2n) is 2.59. The van der Waals surface area contributed by atoms with Crippen LogP contribution in [-0.2, 0) is 10.0 Å². The van der Waals surface area contributed by atoms with Crippen molar-refractivity contribution in [3.63, 3.8) is 0 Å². The molecule has 0 aromatic rings. The molecule has 0 radical (unpaired) electrons. The highest BCUT2D eigenvalue weighted by atomic mass is 32.2. The van der Waals surface area contributed by atoms with E-state index < -0.39 is 10.0 Å². The molecule has 12 heavy (non-hydrogen) atoms. The van der Waals surface area contributed by atoms with Gasteiger partial charge in [0.2, 0.25) is 10.0 Å². The van der Waals surface area contributed by atoms with Gasteiger partial charge in [-0.05, 0) is 12.2 Å². The van der Waals surface area contributed by atoms with Gasteiger partial charge in [-0.1, -0.05) is 6.08 Å². The maximum absolute atomic E-state index is 10.7. The first-order valence-electron chi connectivity index (χ1n) is 3.39. The van der Waals surface area contributed by atoms with Gasteiger partial charge < -0.3 is 5.73 Å². The second kappa shape index (κ2) is 3.10. The molecule has 0 aromatic carbocycles. The molecule has 4 nitrogen and oxygen atoms in total. The summed E-state index contributed by atoms with van der Waals surface area (Å²) in [5.41, 5.74) is 6.59. The van der Waals surface area contributed by atoms with Crippen molar-refractivity contribution >= 4 is 15.7 Å². The Hall–Kier alpha value is -1.10. The van der Waals surface area contributed by atoms with E-state index in [1.165, 1.54) is 0 Å². The average molecular weight is 186 g/mol. The van der Waals surface area contributed by atoms with Crippen LogP contribution in [0.2, 0.25) is 0 Å². The molecule has 1 rings (SSSR count). The van der Waals surface area contributed by atoms with Crippen molar-refractivity contribution in [2.24, 2.45) is 10.1 Å². The van der Waals surface area contributed by atoms with E-state index in [0.29, 0.717) is 17.8 Å². The highest BCUT2D eigenvalue weighted by molar-refractivity contribution is 7.89. The predicted octanol–water partition coefficient (Wildman–Crippen LogP) is 0.190. The number of sulfonamides is 1. The summed E-state index contributed by atoms with van der Waals surface area (Å²) in [6, 6.07) is 0. The molecule has 0 spiro atoms. The summed E-state index contributed by atoms with van der Waals surface area (Å²) in [6.45, 7) is 0. The largest absolute Gasteiger partial charge is 0.402 e. The molecule has 2 N–H and O–H groups in total. The summed E-state index contributed by atoms with van der Waals surface area (Å²) in [4.78, 5) is 0. The molecule has 0 saturated heterocycles. The van der Waals surface area contributed by atoms with Crippen molar-refractivity contribution in [3.8, 4) is 0 Å². The van der Waals surface area contributed by atoms with Crippen LogP contribution in [0.15, 0.2) is 28.3 Å². The van der Waals surface area contributed by atoms with Gasteiger partial charge in [-0.3, -0.25) is 0 Å². The zero-order valence-electron chi connectivity index (χ0n) is 6.69. The molecular weight excluding hydrogens is 176 g/mol. The minimum absolute atomic E-state index is 0.406. The first-order chi connectivity index (χ1) is 5.47. The standard InChI is InChI=1S/C7H10N2O2S/c1-12(10,11)9-7-4-2-3-6(8)5-7/h2-4H,5,8H2,1H3. The summed E-state index contributed by atoms with van der Waals surface area (Å²) in [5, 5.41) is 0. The van der Waals surface area contributed by atoms with Crippen LogP contribution in [0.1, 0.15) is 6.42 Å². The first kappa shape index (κ1) is 8.99. The molecule has 0 amide bonds. The minimum atomic E-state index is -3.29. The highest BCUT2D eigenvalue weighted by Gasteiger charge is 2.05. The van der Waals surface area contributed by atoms with Crippen LogP contribution in [0.5, 0.6) is 0 Å². The molecular formula is C7H10N2O2S. The summed E-state index contributed by atoms with van der Waals surface area (Å²) in [7, 11) is -3.29. The molecule has 0 saturated carbocycles. The number of rotatable bonds is 1. The third-order valence-corrected chi connectivity index (χ3v) is 1.83. The fraction of sp³-hybridized carbons (Fsp3) is 0.286. The molecule has 0 fully saturated rings. The zero-order chi connectivity index (χ0) is 9.19. The maximum Gasteiger partial charge on any atom is 0.250 e. The van der Waals surface area contributed by atoms with Crippen molar-refractivity contribution in [1.82, 2.24) is 0 Å². The van der Waals surface area contributed by atoms with Gasteiger partial charge in [-0.15, -0.1) is 0 Å². The summed E-state index contributed by atoms with van der Waals surface area (Å²) < 4.78 is 24.9. The smallest absolute Gasteiger partial charge is 0.250 e. The Morgan fingerprint density at radius 2 is 2.25 bits per heavy atom. The van der Waals surface area contributed by atoms with E-state index in [1.807, 2.05) is 0 Å². The Labute approximate surface area is 71.5 Å². The second-order valence-corrected chi connectivity index (χ2v) is 4.24. The van der Waals surface area contributed by atoms with Crippen LogP contribution < -0.4 is 5.73 Å². The molecule has 0 aliphatic heterocycles. The van der Waals surface area contributed by atoms with E-state index in [1.54, 1.807) is 18.2 Å². The van der Waals surface area contributed by atoms with Gasteiger partial charge in [0.15, 0.2) is 0 Å². The Morgan fingerprint density at radius 1 is 1.58 bits per heavy atom. The molecule has 0 atom stereocenters. The van der Waals surface area contributed by atoms with Crippen molar-refractivity contribution in [1.29, 1.82) is 0 Å². The molecule has 5 heteroatoms. The van der Waals surface area contributed by atoms with Crippen molar-refractivity contribution in [3.05, 3.63) is 23.9 Å². The highest BCUT2D eigenvalue weighted by Crippen LogP contribution is 2.05. The van der Waals surface area contributed by atoms with Crippen LogP contribution >= 0.6 is 0 Å². The maximum atomic E-state index is 10.7. The predicted molar refractivity (Wildman–Crippen MR) is 48.3 cm³/mol. The zero-order valence-corrected chi connectivity index (χ0v) is 7.50. The lowest BCUT2D eigenvalue weighted by atomic mass is 10.1. The summed E-state index contributed by atoms with van der Waals surface area (Å²) in [6.07, 6.45) is 6.51. The third kappa shape index (κ3) is 2.87. The molecule has 0 aromatic heterocycles. The Balaban J connectivity index is 2.89. The molecule has 0 heterocycles. The van der Waals surface area contributed by atoms with Crippen molar-refractivity contribution in [2.45, 2.75) is 6.42 Å². The van der Waals surface area contributed by atoms with E-state index in [4.69, 9.17) is 5.73 Å². The van der Waals surface area contributed by atoms with Crippen LogP contribution in [0.25, 0.3) is 0 Å². The molecule has 66 valence electrons. The normalized spacial score (nSPS) is 21.1. The Bertz CT molecular complexity index is 363. The number of hydrogen-bond acceptors (Lipinski definition) is 3. The lowest BCUT2D eigenvalue weighted by molar-refractivity contribution is 0.603. The minimum Gasteiger partial charge on any atom is -0.402 e. The lowest BCUT2D eigenvalue weighted by Gasteiger charge is -2.04. The molecule has 0 bridgehead atoms.